The molecule has 1 saturated heterocycles. The summed E-state index contributed by atoms with van der Waals surface area (Å²) in [5, 5.41) is 18.3. The van der Waals surface area contributed by atoms with Crippen molar-refractivity contribution in [2.24, 2.45) is 0 Å². The third-order valence-corrected chi connectivity index (χ3v) is 3.50. The first kappa shape index (κ1) is 10.3. The monoisotopic (exact) mass is 233 g/mol. The summed E-state index contributed by atoms with van der Waals surface area (Å²) in [5.41, 5.74) is -0.478. The van der Waals surface area contributed by atoms with Crippen LogP contribution in [0.25, 0.3) is 0 Å². The van der Waals surface area contributed by atoms with Gasteiger partial charge in [-0.2, -0.15) is 0 Å². The summed E-state index contributed by atoms with van der Waals surface area (Å²) < 4.78 is 0.478. The van der Waals surface area contributed by atoms with Crippen LogP contribution in [0, 0.1) is 0 Å². The lowest BCUT2D eigenvalue weighted by Crippen LogP contribution is -2.60. The summed E-state index contributed by atoms with van der Waals surface area (Å²) in [7, 11) is 0. The molecule has 1 aromatic heterocycles. The highest BCUT2D eigenvalue weighted by Crippen LogP contribution is 2.26. The lowest BCUT2D eigenvalue weighted by atomic mass is 9.91. The highest BCUT2D eigenvalue weighted by atomic mass is 35.5. The van der Waals surface area contributed by atoms with Crippen molar-refractivity contribution < 1.29 is 5.11 Å². The minimum absolute atomic E-state index is 0.478. The van der Waals surface area contributed by atoms with Gasteiger partial charge in [0.25, 0.3) is 0 Å². The van der Waals surface area contributed by atoms with E-state index in [1.807, 2.05) is 6.92 Å². The van der Waals surface area contributed by atoms with Crippen molar-refractivity contribution in [1.82, 2.24) is 15.1 Å². The molecule has 6 heteroatoms. The van der Waals surface area contributed by atoms with Crippen molar-refractivity contribution >= 4 is 22.9 Å². The fraction of sp³-hybridized carbons (Fsp3) is 0.750. The second-order valence-corrected chi connectivity index (χ2v) is 5.32. The molecule has 0 spiro atoms. The van der Waals surface area contributed by atoms with Gasteiger partial charge in [0.1, 0.15) is 5.01 Å². The Morgan fingerprint density at radius 1 is 1.57 bits per heavy atom. The summed E-state index contributed by atoms with van der Waals surface area (Å²) >= 11 is 7.06. The second-order valence-electron chi connectivity index (χ2n) is 3.67. The number of β-amino-alcohol motifs (C(OH)–C–C–N with tert-alkyl or cyclic N) is 1. The van der Waals surface area contributed by atoms with Crippen molar-refractivity contribution in [2.45, 2.75) is 25.5 Å². The summed E-state index contributed by atoms with van der Waals surface area (Å²) in [5.74, 6) is 0. The molecule has 2 heterocycles. The van der Waals surface area contributed by atoms with Crippen LogP contribution in [0.4, 0.5) is 0 Å². The molecule has 1 aliphatic heterocycles. The zero-order valence-electron chi connectivity index (χ0n) is 7.90. The van der Waals surface area contributed by atoms with Gasteiger partial charge in [-0.05, 0) is 18.0 Å². The summed E-state index contributed by atoms with van der Waals surface area (Å²) in [4.78, 5) is 2.14. The van der Waals surface area contributed by atoms with E-state index in [1.165, 1.54) is 11.3 Å². The highest BCUT2D eigenvalue weighted by Gasteiger charge is 2.39. The lowest BCUT2D eigenvalue weighted by molar-refractivity contribution is -0.103. The van der Waals surface area contributed by atoms with Crippen LogP contribution in [0.5, 0.6) is 0 Å². The molecule has 0 unspecified atom stereocenters. The number of rotatable bonds is 3. The van der Waals surface area contributed by atoms with E-state index < -0.39 is 5.60 Å². The maximum Gasteiger partial charge on any atom is 0.207 e. The zero-order chi connectivity index (χ0) is 10.2. The molecule has 0 radical (unpaired) electrons. The Hall–Kier alpha value is -0.230. The minimum atomic E-state index is -0.478. The SMILES string of the molecule is CCC1(O)CN(Cc2nnc(Cl)s2)C1. The molecular weight excluding hydrogens is 222 g/mol. The van der Waals surface area contributed by atoms with Gasteiger partial charge in [0.15, 0.2) is 0 Å². The van der Waals surface area contributed by atoms with E-state index in [0.717, 1.165) is 31.1 Å². The zero-order valence-corrected chi connectivity index (χ0v) is 9.48. The normalized spacial score (nSPS) is 20.8. The van der Waals surface area contributed by atoms with Crippen molar-refractivity contribution in [3.05, 3.63) is 9.47 Å². The van der Waals surface area contributed by atoms with Gasteiger partial charge in [0.05, 0.1) is 12.1 Å². The molecule has 14 heavy (non-hydrogen) atoms. The second kappa shape index (κ2) is 3.73. The fourth-order valence-electron chi connectivity index (χ4n) is 1.61. The number of nitrogens with zero attached hydrogens (tertiary/aromatic N) is 3. The average molecular weight is 234 g/mol. The molecule has 4 nitrogen and oxygen atoms in total. The number of halogens is 1. The van der Waals surface area contributed by atoms with Crippen molar-refractivity contribution in [2.75, 3.05) is 13.1 Å². The number of likely N-dealkylation sites (tertiary alicyclic amines) is 1. The van der Waals surface area contributed by atoms with E-state index in [2.05, 4.69) is 15.1 Å². The smallest absolute Gasteiger partial charge is 0.207 e. The van der Waals surface area contributed by atoms with Gasteiger partial charge in [-0.1, -0.05) is 18.3 Å². The number of hydrogen-bond acceptors (Lipinski definition) is 5. The molecule has 0 aromatic carbocycles. The molecule has 0 atom stereocenters. The molecule has 0 aliphatic carbocycles. The van der Waals surface area contributed by atoms with Crippen LogP contribution in [0.15, 0.2) is 0 Å². The van der Waals surface area contributed by atoms with E-state index in [0.29, 0.717) is 4.47 Å². The van der Waals surface area contributed by atoms with E-state index in [4.69, 9.17) is 11.6 Å². The van der Waals surface area contributed by atoms with Crippen LogP contribution in [-0.2, 0) is 6.54 Å². The van der Waals surface area contributed by atoms with Crippen LogP contribution in [0.3, 0.4) is 0 Å². The van der Waals surface area contributed by atoms with Crippen LogP contribution in [0.2, 0.25) is 4.47 Å². The number of hydrogen-bond donors (Lipinski definition) is 1. The third kappa shape index (κ3) is 2.06. The fourth-order valence-corrected chi connectivity index (χ4v) is 2.52. The van der Waals surface area contributed by atoms with Gasteiger partial charge < -0.3 is 5.11 Å². The Morgan fingerprint density at radius 2 is 2.29 bits per heavy atom. The summed E-state index contributed by atoms with van der Waals surface area (Å²) in [6.07, 6.45) is 0.806. The maximum absolute atomic E-state index is 9.77. The van der Waals surface area contributed by atoms with Gasteiger partial charge in [-0.25, -0.2) is 0 Å². The molecular formula is C8H12ClN3OS. The van der Waals surface area contributed by atoms with Gasteiger partial charge in [0.2, 0.25) is 4.47 Å². The predicted octanol–water partition coefficient (Wildman–Crippen LogP) is 1.15. The van der Waals surface area contributed by atoms with Crippen LogP contribution in [0.1, 0.15) is 18.4 Å². The minimum Gasteiger partial charge on any atom is -0.387 e. The summed E-state index contributed by atoms with van der Waals surface area (Å²) in [6, 6.07) is 0. The molecule has 1 fully saturated rings. The first-order valence-corrected chi connectivity index (χ1v) is 5.73. The van der Waals surface area contributed by atoms with Gasteiger partial charge in [0, 0.05) is 13.1 Å². The third-order valence-electron chi connectivity index (χ3n) is 2.50. The molecule has 1 aliphatic rings. The standard InChI is InChI=1S/C8H12ClN3OS/c1-2-8(13)4-12(5-8)3-6-10-11-7(9)14-6/h13H,2-5H2,1H3. The van der Waals surface area contributed by atoms with E-state index >= 15 is 0 Å². The van der Waals surface area contributed by atoms with Crippen LogP contribution >= 0.6 is 22.9 Å². The Kier molecular flexibility index (Phi) is 2.74. The van der Waals surface area contributed by atoms with Gasteiger partial charge in [-0.3, -0.25) is 4.90 Å². The van der Waals surface area contributed by atoms with Crippen LogP contribution < -0.4 is 0 Å². The van der Waals surface area contributed by atoms with E-state index in [9.17, 15) is 5.11 Å². The Bertz CT molecular complexity index is 324. The number of aromatic nitrogens is 2. The van der Waals surface area contributed by atoms with Crippen molar-refractivity contribution in [3.63, 3.8) is 0 Å². The van der Waals surface area contributed by atoms with E-state index in [-0.39, 0.29) is 0 Å². The highest BCUT2D eigenvalue weighted by molar-refractivity contribution is 7.15. The first-order valence-electron chi connectivity index (χ1n) is 4.54. The van der Waals surface area contributed by atoms with Gasteiger partial charge >= 0.3 is 0 Å². The van der Waals surface area contributed by atoms with E-state index in [1.54, 1.807) is 0 Å². The molecule has 2 rings (SSSR count). The largest absolute Gasteiger partial charge is 0.387 e. The Balaban J connectivity index is 1.85. The predicted molar refractivity (Wildman–Crippen MR) is 55.4 cm³/mol. The van der Waals surface area contributed by atoms with Crippen molar-refractivity contribution in [3.8, 4) is 0 Å². The molecule has 0 saturated carbocycles. The maximum atomic E-state index is 9.77. The number of aliphatic hydroxyl groups is 1. The molecule has 0 amide bonds. The molecule has 1 aromatic rings. The molecule has 78 valence electrons. The lowest BCUT2D eigenvalue weighted by Gasteiger charge is -2.45. The van der Waals surface area contributed by atoms with Crippen LogP contribution in [-0.4, -0.2) is 38.9 Å². The molecule has 0 bridgehead atoms. The first-order chi connectivity index (χ1) is 6.61. The quantitative estimate of drug-likeness (QED) is 0.851. The average Bonchev–Trinajstić information content (AvgIpc) is 2.48. The topological polar surface area (TPSA) is 49.2 Å². The Labute approximate surface area is 91.5 Å². The van der Waals surface area contributed by atoms with Gasteiger partial charge in [-0.15, -0.1) is 10.2 Å². The molecule has 1 N–H and O–H groups in total. The summed E-state index contributed by atoms with van der Waals surface area (Å²) in [6.45, 7) is 4.19. The van der Waals surface area contributed by atoms with Crippen molar-refractivity contribution in [1.29, 1.82) is 0 Å². The Morgan fingerprint density at radius 3 is 2.79 bits per heavy atom.